The molecule has 0 atom stereocenters. The second-order valence-electron chi connectivity index (χ2n) is 6.05. The van der Waals surface area contributed by atoms with Crippen molar-refractivity contribution in [3.63, 3.8) is 0 Å². The number of hydrogen-bond acceptors (Lipinski definition) is 4. The van der Waals surface area contributed by atoms with Crippen molar-refractivity contribution in [1.29, 1.82) is 0 Å². The van der Waals surface area contributed by atoms with Crippen molar-refractivity contribution in [3.05, 3.63) is 71.0 Å². The topological polar surface area (TPSA) is 52.3 Å². The van der Waals surface area contributed by atoms with E-state index in [1.165, 1.54) is 10.6 Å². The summed E-state index contributed by atoms with van der Waals surface area (Å²) in [7, 11) is 0. The van der Waals surface area contributed by atoms with Gasteiger partial charge in [-0.15, -0.1) is 15.3 Å². The third kappa shape index (κ3) is 3.38. The zero-order valence-electron chi connectivity index (χ0n) is 14.4. The van der Waals surface area contributed by atoms with Gasteiger partial charge in [-0.3, -0.25) is 0 Å². The predicted molar refractivity (Wildman–Crippen MR) is 97.5 cm³/mol. The van der Waals surface area contributed by atoms with Crippen LogP contribution in [0.25, 0.3) is 16.8 Å². The Morgan fingerprint density at radius 2 is 1.75 bits per heavy atom. The number of fused-ring (bicyclic) bond motifs is 1. The zero-order chi connectivity index (χ0) is 19.9. The quantitative estimate of drug-likeness (QED) is 0.448. The van der Waals surface area contributed by atoms with Crippen molar-refractivity contribution >= 4 is 17.2 Å². The first-order chi connectivity index (χ1) is 13.3. The molecular weight excluding hydrogens is 393 g/mol. The van der Waals surface area contributed by atoms with Crippen LogP contribution < -0.4 is 4.74 Å². The summed E-state index contributed by atoms with van der Waals surface area (Å²) in [6.07, 6.45) is -4.50. The Labute approximate surface area is 162 Å². The number of halogens is 4. The Bertz CT molecular complexity index is 1160. The van der Waals surface area contributed by atoms with E-state index < -0.39 is 11.7 Å². The van der Waals surface area contributed by atoms with E-state index in [1.54, 1.807) is 37.3 Å². The van der Waals surface area contributed by atoms with Gasteiger partial charge in [0.15, 0.2) is 5.65 Å². The Hall–Kier alpha value is -3.13. The average Bonchev–Trinajstić information content (AvgIpc) is 3.02. The SMILES string of the molecule is Cc1cc2nnc(Cl)n2nc1Oc1cc(C(F)(F)F)ccc1-c1ccccc1. The van der Waals surface area contributed by atoms with E-state index in [-0.39, 0.29) is 16.9 Å². The molecule has 0 bridgehead atoms. The summed E-state index contributed by atoms with van der Waals surface area (Å²) in [5.74, 6) is 0.130. The van der Waals surface area contributed by atoms with E-state index in [9.17, 15) is 13.2 Å². The minimum atomic E-state index is -4.50. The summed E-state index contributed by atoms with van der Waals surface area (Å²) < 4.78 is 46.8. The number of benzene rings is 2. The fourth-order valence-corrected chi connectivity index (χ4v) is 2.89. The first-order valence-electron chi connectivity index (χ1n) is 8.16. The first kappa shape index (κ1) is 18.2. The summed E-state index contributed by atoms with van der Waals surface area (Å²) in [5, 5.41) is 11.8. The van der Waals surface area contributed by atoms with Gasteiger partial charge in [0, 0.05) is 11.1 Å². The van der Waals surface area contributed by atoms with Gasteiger partial charge in [0.2, 0.25) is 11.2 Å². The first-order valence-corrected chi connectivity index (χ1v) is 8.54. The van der Waals surface area contributed by atoms with Crippen molar-refractivity contribution in [1.82, 2.24) is 19.8 Å². The molecule has 0 aliphatic heterocycles. The van der Waals surface area contributed by atoms with Gasteiger partial charge in [-0.1, -0.05) is 36.4 Å². The smallest absolute Gasteiger partial charge is 0.416 e. The van der Waals surface area contributed by atoms with Crippen molar-refractivity contribution in [2.45, 2.75) is 13.1 Å². The molecule has 28 heavy (non-hydrogen) atoms. The van der Waals surface area contributed by atoms with Crippen LogP contribution in [0, 0.1) is 6.92 Å². The average molecular weight is 405 g/mol. The van der Waals surface area contributed by atoms with E-state index >= 15 is 0 Å². The standard InChI is InChI=1S/C19H12ClF3N4O/c1-11-9-16-24-25-18(20)27(16)26-17(11)28-15-10-13(19(21,22)23)7-8-14(15)12-5-3-2-4-6-12/h2-10H,1H3. The summed E-state index contributed by atoms with van der Waals surface area (Å²) >= 11 is 5.93. The summed E-state index contributed by atoms with van der Waals surface area (Å²) in [4.78, 5) is 0. The van der Waals surface area contributed by atoms with Crippen LogP contribution in [0.1, 0.15) is 11.1 Å². The van der Waals surface area contributed by atoms with Gasteiger partial charge < -0.3 is 4.74 Å². The second kappa shape index (κ2) is 6.79. The van der Waals surface area contributed by atoms with Crippen LogP contribution in [-0.2, 0) is 6.18 Å². The fraction of sp³-hybridized carbons (Fsp3) is 0.105. The van der Waals surface area contributed by atoms with E-state index in [0.29, 0.717) is 22.3 Å². The van der Waals surface area contributed by atoms with Gasteiger partial charge in [0.05, 0.1) is 5.56 Å². The monoisotopic (exact) mass is 404 g/mol. The molecule has 2 aromatic heterocycles. The van der Waals surface area contributed by atoms with E-state index in [1.807, 2.05) is 6.07 Å². The minimum Gasteiger partial charge on any atom is -0.437 e. The molecule has 4 aromatic rings. The maximum Gasteiger partial charge on any atom is 0.416 e. The maximum atomic E-state index is 13.2. The van der Waals surface area contributed by atoms with Gasteiger partial charge in [-0.2, -0.15) is 17.7 Å². The fourth-order valence-electron chi connectivity index (χ4n) is 2.72. The Balaban J connectivity index is 1.85. The largest absolute Gasteiger partial charge is 0.437 e. The number of nitrogens with zero attached hydrogens (tertiary/aromatic N) is 4. The molecule has 0 fully saturated rings. The highest BCUT2D eigenvalue weighted by atomic mass is 35.5. The third-order valence-electron chi connectivity index (χ3n) is 4.10. The number of hydrogen-bond donors (Lipinski definition) is 0. The molecule has 0 spiro atoms. The maximum absolute atomic E-state index is 13.2. The molecule has 0 radical (unpaired) electrons. The molecule has 0 unspecified atom stereocenters. The molecule has 0 aliphatic rings. The lowest BCUT2D eigenvalue weighted by Crippen LogP contribution is -2.06. The molecule has 4 rings (SSSR count). The Morgan fingerprint density at radius 1 is 1.00 bits per heavy atom. The number of aromatic nitrogens is 4. The van der Waals surface area contributed by atoms with Crippen molar-refractivity contribution in [2.75, 3.05) is 0 Å². The molecular formula is C19H12ClF3N4O. The van der Waals surface area contributed by atoms with Crippen molar-refractivity contribution < 1.29 is 17.9 Å². The number of rotatable bonds is 3. The second-order valence-corrected chi connectivity index (χ2v) is 6.39. The predicted octanol–water partition coefficient (Wildman–Crippen LogP) is 5.56. The molecule has 5 nitrogen and oxygen atoms in total. The van der Waals surface area contributed by atoms with E-state index in [4.69, 9.17) is 16.3 Å². The zero-order valence-corrected chi connectivity index (χ0v) is 15.2. The number of aryl methyl sites for hydroxylation is 1. The molecule has 0 saturated heterocycles. The molecule has 0 saturated carbocycles. The Kier molecular flexibility index (Phi) is 4.43. The van der Waals surface area contributed by atoms with E-state index in [2.05, 4.69) is 15.3 Å². The van der Waals surface area contributed by atoms with Crippen molar-refractivity contribution in [3.8, 4) is 22.8 Å². The van der Waals surface area contributed by atoms with Crippen LogP contribution in [0.4, 0.5) is 13.2 Å². The van der Waals surface area contributed by atoms with Gasteiger partial charge in [-0.25, -0.2) is 0 Å². The highest BCUT2D eigenvalue weighted by molar-refractivity contribution is 6.28. The van der Waals surface area contributed by atoms with Crippen molar-refractivity contribution in [2.24, 2.45) is 0 Å². The molecule has 0 N–H and O–H groups in total. The van der Waals surface area contributed by atoms with Gasteiger partial charge in [0.25, 0.3) is 0 Å². The van der Waals surface area contributed by atoms with Crippen LogP contribution in [0.2, 0.25) is 5.28 Å². The Morgan fingerprint density at radius 3 is 2.46 bits per heavy atom. The van der Waals surface area contributed by atoms with Gasteiger partial charge >= 0.3 is 6.18 Å². The molecule has 2 aromatic carbocycles. The molecule has 0 amide bonds. The van der Waals surface area contributed by atoms with Crippen LogP contribution >= 0.6 is 11.6 Å². The van der Waals surface area contributed by atoms with Gasteiger partial charge in [-0.05, 0) is 42.3 Å². The summed E-state index contributed by atoms with van der Waals surface area (Å²) in [6, 6.07) is 14.0. The lowest BCUT2D eigenvalue weighted by molar-refractivity contribution is -0.137. The number of alkyl halides is 3. The van der Waals surface area contributed by atoms with E-state index in [0.717, 1.165) is 12.1 Å². The molecule has 9 heteroatoms. The number of ether oxygens (including phenoxy) is 1. The highest BCUT2D eigenvalue weighted by Gasteiger charge is 2.31. The molecule has 2 heterocycles. The minimum absolute atomic E-state index is 0.0205. The van der Waals surface area contributed by atoms with Crippen LogP contribution in [0.3, 0.4) is 0 Å². The highest BCUT2D eigenvalue weighted by Crippen LogP contribution is 2.39. The third-order valence-corrected chi connectivity index (χ3v) is 4.34. The molecule has 142 valence electrons. The lowest BCUT2D eigenvalue weighted by Gasteiger charge is -2.15. The lowest BCUT2D eigenvalue weighted by atomic mass is 10.0. The van der Waals surface area contributed by atoms with Crippen LogP contribution in [-0.4, -0.2) is 19.8 Å². The van der Waals surface area contributed by atoms with Crippen LogP contribution in [0.15, 0.2) is 54.6 Å². The molecule has 0 aliphatic carbocycles. The van der Waals surface area contributed by atoms with Gasteiger partial charge in [0.1, 0.15) is 5.75 Å². The summed E-state index contributed by atoms with van der Waals surface area (Å²) in [6.45, 7) is 1.71. The normalized spacial score (nSPS) is 11.8. The van der Waals surface area contributed by atoms with Crippen LogP contribution in [0.5, 0.6) is 11.6 Å². The summed E-state index contributed by atoms with van der Waals surface area (Å²) in [5.41, 5.74) is 1.38.